The van der Waals surface area contributed by atoms with Crippen molar-refractivity contribution in [2.24, 2.45) is 23.0 Å². The van der Waals surface area contributed by atoms with E-state index in [2.05, 4.69) is 25.7 Å². The predicted molar refractivity (Wildman–Crippen MR) is 78.7 cm³/mol. The van der Waals surface area contributed by atoms with Gasteiger partial charge in [-0.2, -0.15) is 0 Å². The van der Waals surface area contributed by atoms with Crippen molar-refractivity contribution >= 4 is 5.91 Å². The summed E-state index contributed by atoms with van der Waals surface area (Å²) in [6, 6.07) is 0.306. The van der Waals surface area contributed by atoms with Gasteiger partial charge in [0.2, 0.25) is 5.91 Å². The number of amides is 1. The topological polar surface area (TPSA) is 46.3 Å². The van der Waals surface area contributed by atoms with Gasteiger partial charge in [-0.25, -0.2) is 0 Å². The molecule has 0 radical (unpaired) electrons. The van der Waals surface area contributed by atoms with E-state index in [0.717, 1.165) is 44.7 Å². The molecule has 3 nitrogen and oxygen atoms in total. The van der Waals surface area contributed by atoms with Crippen LogP contribution in [-0.2, 0) is 4.79 Å². The maximum absolute atomic E-state index is 12.5. The van der Waals surface area contributed by atoms with Crippen molar-refractivity contribution in [3.8, 4) is 0 Å². The number of carbonyl (C=O) groups is 1. The zero-order valence-electron chi connectivity index (χ0n) is 12.8. The van der Waals surface area contributed by atoms with E-state index >= 15 is 0 Å². The molecule has 0 aromatic carbocycles. The molecular weight excluding hydrogens is 236 g/mol. The highest BCUT2D eigenvalue weighted by atomic mass is 16.2. The number of likely N-dealkylation sites (tertiary alicyclic amines) is 1. The zero-order chi connectivity index (χ0) is 14.0. The molecule has 2 fully saturated rings. The van der Waals surface area contributed by atoms with Gasteiger partial charge in [-0.05, 0) is 49.9 Å². The molecule has 0 bridgehead atoms. The fourth-order valence-corrected chi connectivity index (χ4v) is 3.58. The van der Waals surface area contributed by atoms with E-state index in [1.807, 2.05) is 0 Å². The molecule has 2 rings (SSSR count). The largest absolute Gasteiger partial charge is 0.342 e. The first-order chi connectivity index (χ1) is 8.88. The Morgan fingerprint density at radius 2 is 1.53 bits per heavy atom. The molecule has 0 aromatic heterocycles. The number of carbonyl (C=O) groups excluding carboxylic acids is 1. The molecule has 1 amide bonds. The van der Waals surface area contributed by atoms with Gasteiger partial charge in [0.05, 0.1) is 0 Å². The van der Waals surface area contributed by atoms with E-state index < -0.39 is 0 Å². The van der Waals surface area contributed by atoms with Gasteiger partial charge in [0.25, 0.3) is 0 Å². The molecule has 19 heavy (non-hydrogen) atoms. The molecule has 1 saturated carbocycles. The van der Waals surface area contributed by atoms with Gasteiger partial charge in [-0.1, -0.05) is 20.8 Å². The summed E-state index contributed by atoms with van der Waals surface area (Å²) in [5.74, 6) is 1.47. The third-order valence-electron chi connectivity index (χ3n) is 5.15. The van der Waals surface area contributed by atoms with E-state index in [0.29, 0.717) is 17.4 Å². The molecule has 110 valence electrons. The van der Waals surface area contributed by atoms with Crippen molar-refractivity contribution in [3.63, 3.8) is 0 Å². The SMILES string of the molecule is CC(C)(C)C1CCC(C(=O)N2CCC(N)CC2)CC1. The van der Waals surface area contributed by atoms with E-state index in [4.69, 9.17) is 5.73 Å². The lowest BCUT2D eigenvalue weighted by Gasteiger charge is -2.39. The predicted octanol–water partition coefficient (Wildman–Crippen LogP) is 2.79. The van der Waals surface area contributed by atoms with Gasteiger partial charge >= 0.3 is 0 Å². The lowest BCUT2D eigenvalue weighted by molar-refractivity contribution is -0.138. The summed E-state index contributed by atoms with van der Waals surface area (Å²) in [7, 11) is 0. The Kier molecular flexibility index (Phi) is 4.54. The molecule has 1 aliphatic carbocycles. The van der Waals surface area contributed by atoms with E-state index in [-0.39, 0.29) is 5.92 Å². The molecule has 0 spiro atoms. The average molecular weight is 266 g/mol. The molecule has 2 N–H and O–H groups in total. The number of rotatable bonds is 1. The van der Waals surface area contributed by atoms with Crippen LogP contribution in [0.4, 0.5) is 0 Å². The maximum atomic E-state index is 12.5. The summed E-state index contributed by atoms with van der Waals surface area (Å²) in [6.45, 7) is 8.72. The van der Waals surface area contributed by atoms with Crippen LogP contribution in [0.15, 0.2) is 0 Å². The number of nitrogens with zero attached hydrogens (tertiary/aromatic N) is 1. The Morgan fingerprint density at radius 1 is 1.00 bits per heavy atom. The van der Waals surface area contributed by atoms with Crippen LogP contribution >= 0.6 is 0 Å². The van der Waals surface area contributed by atoms with Crippen LogP contribution in [0.3, 0.4) is 0 Å². The van der Waals surface area contributed by atoms with Crippen molar-refractivity contribution < 1.29 is 4.79 Å². The van der Waals surface area contributed by atoms with E-state index in [9.17, 15) is 4.79 Å². The maximum Gasteiger partial charge on any atom is 0.225 e. The number of nitrogens with two attached hydrogens (primary N) is 1. The summed E-state index contributed by atoms with van der Waals surface area (Å²) < 4.78 is 0. The van der Waals surface area contributed by atoms with Crippen molar-refractivity contribution in [1.82, 2.24) is 4.90 Å². The van der Waals surface area contributed by atoms with Crippen LogP contribution in [0.2, 0.25) is 0 Å². The summed E-state index contributed by atoms with van der Waals surface area (Å²) in [4.78, 5) is 14.6. The Bertz CT molecular complexity index is 305. The Morgan fingerprint density at radius 3 is 2.00 bits per heavy atom. The minimum Gasteiger partial charge on any atom is -0.342 e. The summed E-state index contributed by atoms with van der Waals surface area (Å²) in [5, 5.41) is 0. The van der Waals surface area contributed by atoms with Gasteiger partial charge in [0.1, 0.15) is 0 Å². The minimum absolute atomic E-state index is 0.285. The van der Waals surface area contributed by atoms with Crippen LogP contribution in [0, 0.1) is 17.3 Å². The molecule has 0 atom stereocenters. The average Bonchev–Trinajstić information content (AvgIpc) is 2.38. The van der Waals surface area contributed by atoms with E-state index in [1.54, 1.807) is 0 Å². The second-order valence-electron chi connectivity index (χ2n) is 7.58. The Labute approximate surface area is 117 Å². The van der Waals surface area contributed by atoms with Crippen molar-refractivity contribution in [1.29, 1.82) is 0 Å². The van der Waals surface area contributed by atoms with Gasteiger partial charge in [-0.3, -0.25) is 4.79 Å². The smallest absolute Gasteiger partial charge is 0.225 e. The zero-order valence-corrected chi connectivity index (χ0v) is 12.8. The highest BCUT2D eigenvalue weighted by Crippen LogP contribution is 2.40. The third-order valence-corrected chi connectivity index (χ3v) is 5.15. The monoisotopic (exact) mass is 266 g/mol. The summed E-state index contributed by atoms with van der Waals surface area (Å²) in [6.07, 6.45) is 6.55. The van der Waals surface area contributed by atoms with Crippen molar-refractivity contribution in [3.05, 3.63) is 0 Å². The highest BCUT2D eigenvalue weighted by molar-refractivity contribution is 5.79. The van der Waals surface area contributed by atoms with Crippen LogP contribution in [0.1, 0.15) is 59.3 Å². The number of hydrogen-bond donors (Lipinski definition) is 1. The normalized spacial score (nSPS) is 30.4. The summed E-state index contributed by atoms with van der Waals surface area (Å²) in [5.41, 5.74) is 6.30. The number of hydrogen-bond acceptors (Lipinski definition) is 2. The third kappa shape index (κ3) is 3.71. The Balaban J connectivity index is 1.82. The fraction of sp³-hybridized carbons (Fsp3) is 0.938. The molecule has 0 aromatic rings. The lowest BCUT2D eigenvalue weighted by atomic mass is 9.69. The second-order valence-corrected chi connectivity index (χ2v) is 7.58. The molecule has 3 heteroatoms. The molecule has 2 aliphatic rings. The number of piperidine rings is 1. The Hall–Kier alpha value is -0.570. The molecule has 1 aliphatic heterocycles. The van der Waals surface area contributed by atoms with Gasteiger partial charge in [0.15, 0.2) is 0 Å². The molecule has 0 unspecified atom stereocenters. The van der Waals surface area contributed by atoms with Gasteiger partial charge < -0.3 is 10.6 Å². The first-order valence-electron chi connectivity index (χ1n) is 7.92. The lowest BCUT2D eigenvalue weighted by Crippen LogP contribution is -2.46. The first kappa shape index (κ1) is 14.8. The molecule has 1 heterocycles. The fourth-order valence-electron chi connectivity index (χ4n) is 3.58. The minimum atomic E-state index is 0.285. The molecule has 1 saturated heterocycles. The van der Waals surface area contributed by atoms with Gasteiger partial charge in [0, 0.05) is 25.0 Å². The van der Waals surface area contributed by atoms with Crippen LogP contribution < -0.4 is 5.73 Å². The molecular formula is C16H30N2O. The van der Waals surface area contributed by atoms with Crippen LogP contribution in [0.5, 0.6) is 0 Å². The summed E-state index contributed by atoms with van der Waals surface area (Å²) >= 11 is 0. The first-order valence-corrected chi connectivity index (χ1v) is 7.92. The quantitative estimate of drug-likeness (QED) is 0.793. The second kappa shape index (κ2) is 5.82. The van der Waals surface area contributed by atoms with Crippen LogP contribution in [-0.4, -0.2) is 29.9 Å². The highest BCUT2D eigenvalue weighted by Gasteiger charge is 2.34. The van der Waals surface area contributed by atoms with Crippen LogP contribution in [0.25, 0.3) is 0 Å². The standard InChI is InChI=1S/C16H30N2O/c1-16(2,3)13-6-4-12(5-7-13)15(19)18-10-8-14(17)9-11-18/h12-14H,4-11,17H2,1-3H3. The van der Waals surface area contributed by atoms with Crippen molar-refractivity contribution in [2.45, 2.75) is 65.3 Å². The van der Waals surface area contributed by atoms with Gasteiger partial charge in [-0.15, -0.1) is 0 Å². The van der Waals surface area contributed by atoms with Crippen molar-refractivity contribution in [2.75, 3.05) is 13.1 Å². The van der Waals surface area contributed by atoms with E-state index in [1.165, 1.54) is 12.8 Å².